The van der Waals surface area contributed by atoms with Gasteiger partial charge in [0.1, 0.15) is 0 Å². The van der Waals surface area contributed by atoms with Crippen molar-refractivity contribution >= 4 is 11.8 Å². The highest BCUT2D eigenvalue weighted by molar-refractivity contribution is 5.95. The smallest absolute Gasteiger partial charge is 0.254 e. The Hall–Kier alpha value is -1.99. The van der Waals surface area contributed by atoms with Gasteiger partial charge in [0.25, 0.3) is 5.91 Å². The molecule has 7 nitrogen and oxygen atoms in total. The van der Waals surface area contributed by atoms with Gasteiger partial charge in [0, 0.05) is 37.6 Å². The Morgan fingerprint density at radius 3 is 3.00 bits per heavy atom. The summed E-state index contributed by atoms with van der Waals surface area (Å²) in [4.78, 5) is 31.4. The van der Waals surface area contributed by atoms with Gasteiger partial charge >= 0.3 is 0 Å². The van der Waals surface area contributed by atoms with E-state index in [2.05, 4.69) is 4.98 Å². The van der Waals surface area contributed by atoms with E-state index in [1.54, 1.807) is 23.4 Å². The standard InChI is InChI=1S/C16H24N4O3/c1-3-12-8-18-5-4-14(12)16(22)20-6-7-23-13(10-20)9-19(2)11-15(17)21/h4-5,8,13H,3,6-7,9-11H2,1-2H3,(H2,17,21)/t13-/m0/s1. The van der Waals surface area contributed by atoms with E-state index in [1.165, 1.54) is 0 Å². The van der Waals surface area contributed by atoms with Crippen LogP contribution in [-0.4, -0.2) is 72.5 Å². The quantitative estimate of drug-likeness (QED) is 0.791. The third kappa shape index (κ3) is 4.74. The zero-order valence-corrected chi connectivity index (χ0v) is 13.7. The van der Waals surface area contributed by atoms with Crippen molar-refractivity contribution in [2.45, 2.75) is 19.4 Å². The van der Waals surface area contributed by atoms with Crippen molar-refractivity contribution in [2.75, 3.05) is 39.8 Å². The molecule has 1 aliphatic rings. The maximum Gasteiger partial charge on any atom is 0.254 e. The van der Waals surface area contributed by atoms with E-state index < -0.39 is 0 Å². The number of rotatable bonds is 6. The van der Waals surface area contributed by atoms with E-state index in [9.17, 15) is 9.59 Å². The van der Waals surface area contributed by atoms with Gasteiger partial charge in [-0.3, -0.25) is 19.5 Å². The van der Waals surface area contributed by atoms with Crippen LogP contribution in [0.1, 0.15) is 22.8 Å². The molecule has 126 valence electrons. The summed E-state index contributed by atoms with van der Waals surface area (Å²) in [5.41, 5.74) is 6.84. The number of aryl methyl sites for hydroxylation is 1. The van der Waals surface area contributed by atoms with E-state index in [0.717, 1.165) is 12.0 Å². The lowest BCUT2D eigenvalue weighted by Crippen LogP contribution is -2.50. The summed E-state index contributed by atoms with van der Waals surface area (Å²) in [6.45, 7) is 4.32. The summed E-state index contributed by atoms with van der Waals surface area (Å²) >= 11 is 0. The molecule has 0 aromatic carbocycles. The molecule has 2 heterocycles. The predicted molar refractivity (Wildman–Crippen MR) is 85.9 cm³/mol. The van der Waals surface area contributed by atoms with Crippen LogP contribution in [0.2, 0.25) is 0 Å². The second kappa shape index (κ2) is 8.03. The highest BCUT2D eigenvalue weighted by atomic mass is 16.5. The van der Waals surface area contributed by atoms with Crippen LogP contribution in [0.15, 0.2) is 18.5 Å². The van der Waals surface area contributed by atoms with Gasteiger partial charge in [0.15, 0.2) is 0 Å². The fourth-order valence-corrected chi connectivity index (χ4v) is 2.78. The highest BCUT2D eigenvalue weighted by Gasteiger charge is 2.27. The number of likely N-dealkylation sites (N-methyl/N-ethyl adjacent to an activating group) is 1. The second-order valence-corrected chi connectivity index (χ2v) is 5.79. The summed E-state index contributed by atoms with van der Waals surface area (Å²) in [6.07, 6.45) is 4.03. The Kier molecular flexibility index (Phi) is 6.06. The minimum atomic E-state index is -0.374. The first-order chi connectivity index (χ1) is 11.0. The number of pyridine rings is 1. The molecule has 1 aromatic heterocycles. The number of hydrogen-bond acceptors (Lipinski definition) is 5. The van der Waals surface area contributed by atoms with Crippen molar-refractivity contribution in [2.24, 2.45) is 5.73 Å². The fraction of sp³-hybridized carbons (Fsp3) is 0.562. The van der Waals surface area contributed by atoms with Gasteiger partial charge in [-0.2, -0.15) is 0 Å². The first-order valence-electron chi connectivity index (χ1n) is 7.81. The average Bonchev–Trinajstić information content (AvgIpc) is 2.53. The molecule has 2 rings (SSSR count). The lowest BCUT2D eigenvalue weighted by atomic mass is 10.1. The van der Waals surface area contributed by atoms with Gasteiger partial charge in [0.2, 0.25) is 5.91 Å². The van der Waals surface area contributed by atoms with Crippen LogP contribution >= 0.6 is 0 Å². The molecule has 1 saturated heterocycles. The van der Waals surface area contributed by atoms with Crippen LogP contribution in [-0.2, 0) is 16.0 Å². The van der Waals surface area contributed by atoms with Crippen molar-refractivity contribution in [3.63, 3.8) is 0 Å². The van der Waals surface area contributed by atoms with Crippen LogP contribution in [0.5, 0.6) is 0 Å². The van der Waals surface area contributed by atoms with Crippen LogP contribution in [0.25, 0.3) is 0 Å². The molecule has 1 atom stereocenters. The van der Waals surface area contributed by atoms with Gasteiger partial charge in [-0.25, -0.2) is 0 Å². The fourth-order valence-electron chi connectivity index (χ4n) is 2.78. The molecule has 0 radical (unpaired) electrons. The van der Waals surface area contributed by atoms with Crippen LogP contribution in [0.4, 0.5) is 0 Å². The molecule has 0 unspecified atom stereocenters. The van der Waals surface area contributed by atoms with E-state index in [1.807, 2.05) is 18.9 Å². The Labute approximate surface area is 136 Å². The number of morpholine rings is 1. The zero-order valence-electron chi connectivity index (χ0n) is 13.7. The topological polar surface area (TPSA) is 88.8 Å². The molecule has 0 bridgehead atoms. The summed E-state index contributed by atoms with van der Waals surface area (Å²) in [5, 5.41) is 0. The molecular formula is C16H24N4O3. The number of primary amides is 1. The van der Waals surface area contributed by atoms with E-state index in [-0.39, 0.29) is 24.5 Å². The first-order valence-corrected chi connectivity index (χ1v) is 7.81. The monoisotopic (exact) mass is 320 g/mol. The molecule has 1 aromatic rings. The third-order valence-electron chi connectivity index (χ3n) is 3.88. The van der Waals surface area contributed by atoms with Crippen molar-refractivity contribution in [1.29, 1.82) is 0 Å². The molecule has 2 amide bonds. The molecular weight excluding hydrogens is 296 g/mol. The number of aromatic nitrogens is 1. The lowest BCUT2D eigenvalue weighted by Gasteiger charge is -2.35. The normalized spacial score (nSPS) is 18.2. The van der Waals surface area contributed by atoms with Crippen molar-refractivity contribution < 1.29 is 14.3 Å². The number of hydrogen-bond donors (Lipinski definition) is 1. The largest absolute Gasteiger partial charge is 0.373 e. The average molecular weight is 320 g/mol. The molecule has 2 N–H and O–H groups in total. The van der Waals surface area contributed by atoms with E-state index in [4.69, 9.17) is 10.5 Å². The summed E-state index contributed by atoms with van der Waals surface area (Å²) < 4.78 is 5.70. The van der Waals surface area contributed by atoms with Gasteiger partial charge < -0.3 is 15.4 Å². The predicted octanol–water partition coefficient (Wildman–Crippen LogP) is -0.0979. The Morgan fingerprint density at radius 1 is 1.52 bits per heavy atom. The zero-order chi connectivity index (χ0) is 16.8. The summed E-state index contributed by atoms with van der Waals surface area (Å²) in [7, 11) is 1.81. The van der Waals surface area contributed by atoms with E-state index >= 15 is 0 Å². The summed E-state index contributed by atoms with van der Waals surface area (Å²) in [5.74, 6) is -0.365. The van der Waals surface area contributed by atoms with Gasteiger partial charge in [-0.15, -0.1) is 0 Å². The number of nitrogens with zero attached hydrogens (tertiary/aromatic N) is 3. The van der Waals surface area contributed by atoms with Gasteiger partial charge in [-0.05, 0) is 25.1 Å². The molecule has 0 aliphatic carbocycles. The number of nitrogens with two attached hydrogens (primary N) is 1. The number of amides is 2. The van der Waals surface area contributed by atoms with Crippen LogP contribution in [0, 0.1) is 0 Å². The molecule has 7 heteroatoms. The van der Waals surface area contributed by atoms with Crippen molar-refractivity contribution in [3.05, 3.63) is 29.6 Å². The maximum atomic E-state index is 12.7. The number of ether oxygens (including phenoxy) is 1. The second-order valence-electron chi connectivity index (χ2n) is 5.79. The minimum Gasteiger partial charge on any atom is -0.373 e. The van der Waals surface area contributed by atoms with E-state index in [0.29, 0.717) is 31.8 Å². The summed E-state index contributed by atoms with van der Waals surface area (Å²) in [6, 6.07) is 1.77. The molecule has 0 spiro atoms. The Bertz CT molecular complexity index is 564. The third-order valence-corrected chi connectivity index (χ3v) is 3.88. The van der Waals surface area contributed by atoms with Crippen molar-refractivity contribution in [1.82, 2.24) is 14.8 Å². The number of carbonyl (C=O) groups is 2. The van der Waals surface area contributed by atoms with Crippen LogP contribution in [0.3, 0.4) is 0 Å². The molecule has 1 fully saturated rings. The maximum absolute atomic E-state index is 12.7. The van der Waals surface area contributed by atoms with Crippen molar-refractivity contribution in [3.8, 4) is 0 Å². The number of carbonyl (C=O) groups excluding carboxylic acids is 2. The highest BCUT2D eigenvalue weighted by Crippen LogP contribution is 2.14. The first kappa shape index (κ1) is 17.4. The Morgan fingerprint density at radius 2 is 2.30 bits per heavy atom. The molecule has 23 heavy (non-hydrogen) atoms. The Balaban J connectivity index is 2.00. The minimum absolute atomic E-state index is 0.00936. The SMILES string of the molecule is CCc1cnccc1C(=O)N1CCO[C@@H](CN(C)CC(N)=O)C1. The van der Waals surface area contributed by atoms with Gasteiger partial charge in [0.05, 0.1) is 19.3 Å². The molecule has 0 saturated carbocycles. The lowest BCUT2D eigenvalue weighted by molar-refractivity contribution is -0.119. The molecule has 1 aliphatic heterocycles. The van der Waals surface area contributed by atoms with Crippen LogP contribution < -0.4 is 5.73 Å². The van der Waals surface area contributed by atoms with Gasteiger partial charge in [-0.1, -0.05) is 6.92 Å².